The van der Waals surface area contributed by atoms with Crippen LogP contribution in [0.2, 0.25) is 0 Å². The molecule has 3 atom stereocenters. The summed E-state index contributed by atoms with van der Waals surface area (Å²) in [6.07, 6.45) is 1.33. The fraction of sp³-hybridized carbons (Fsp3) is 1.00. The predicted octanol–water partition coefficient (Wildman–Crippen LogP) is 1.57. The van der Waals surface area contributed by atoms with Crippen molar-refractivity contribution in [3.8, 4) is 0 Å². The Kier molecular flexibility index (Phi) is 3.13. The highest BCUT2D eigenvalue weighted by Gasteiger charge is 2.42. The summed E-state index contributed by atoms with van der Waals surface area (Å²) in [6.45, 7) is 12.2. The molecule has 3 unspecified atom stereocenters. The average Bonchev–Trinajstić information content (AvgIpc) is 2.62. The normalized spacial score (nSPS) is 38.1. The summed E-state index contributed by atoms with van der Waals surface area (Å²) < 4.78 is 0. The molecule has 0 aromatic rings. The van der Waals surface area contributed by atoms with Crippen molar-refractivity contribution in [2.24, 2.45) is 17.8 Å². The van der Waals surface area contributed by atoms with Crippen molar-refractivity contribution in [1.82, 2.24) is 10.2 Å². The fourth-order valence-electron chi connectivity index (χ4n) is 3.35. The van der Waals surface area contributed by atoms with Gasteiger partial charge in [-0.2, -0.15) is 0 Å². The average molecular weight is 196 g/mol. The maximum Gasteiger partial charge on any atom is 0.0137 e. The van der Waals surface area contributed by atoms with E-state index in [1.807, 2.05) is 0 Å². The lowest BCUT2D eigenvalue weighted by atomic mass is 9.93. The summed E-state index contributed by atoms with van der Waals surface area (Å²) in [5.74, 6) is 2.70. The van der Waals surface area contributed by atoms with E-state index in [4.69, 9.17) is 0 Å². The minimum Gasteiger partial charge on any atom is -0.316 e. The van der Waals surface area contributed by atoms with Gasteiger partial charge >= 0.3 is 0 Å². The molecule has 2 aliphatic heterocycles. The Labute approximate surface area is 88.1 Å². The summed E-state index contributed by atoms with van der Waals surface area (Å²) >= 11 is 0. The van der Waals surface area contributed by atoms with Gasteiger partial charge in [-0.3, -0.25) is 4.90 Å². The first-order valence-electron chi connectivity index (χ1n) is 6.17. The lowest BCUT2D eigenvalue weighted by Crippen LogP contribution is -2.37. The van der Waals surface area contributed by atoms with Crippen LogP contribution in [0.5, 0.6) is 0 Å². The molecule has 2 fully saturated rings. The molecule has 0 aliphatic carbocycles. The molecule has 0 spiro atoms. The van der Waals surface area contributed by atoms with E-state index in [1.165, 1.54) is 32.6 Å². The number of hydrogen-bond acceptors (Lipinski definition) is 2. The third kappa shape index (κ3) is 1.82. The smallest absolute Gasteiger partial charge is 0.0137 e. The van der Waals surface area contributed by atoms with Crippen LogP contribution in [0.25, 0.3) is 0 Å². The van der Waals surface area contributed by atoms with Gasteiger partial charge < -0.3 is 5.32 Å². The molecule has 0 aromatic heterocycles. The van der Waals surface area contributed by atoms with E-state index in [0.717, 1.165) is 23.8 Å². The van der Waals surface area contributed by atoms with E-state index in [1.54, 1.807) is 0 Å². The maximum atomic E-state index is 3.54. The number of rotatable bonds is 3. The second-order valence-corrected chi connectivity index (χ2v) is 5.41. The van der Waals surface area contributed by atoms with Crippen molar-refractivity contribution in [3.63, 3.8) is 0 Å². The van der Waals surface area contributed by atoms with Crippen LogP contribution in [-0.2, 0) is 0 Å². The molecule has 82 valence electrons. The van der Waals surface area contributed by atoms with E-state index >= 15 is 0 Å². The largest absolute Gasteiger partial charge is 0.316 e. The van der Waals surface area contributed by atoms with Gasteiger partial charge in [-0.1, -0.05) is 20.8 Å². The Morgan fingerprint density at radius 1 is 1.36 bits per heavy atom. The Morgan fingerprint density at radius 2 is 2.14 bits per heavy atom. The molecule has 0 radical (unpaired) electrons. The van der Waals surface area contributed by atoms with Gasteiger partial charge in [0.25, 0.3) is 0 Å². The summed E-state index contributed by atoms with van der Waals surface area (Å²) in [5, 5.41) is 3.54. The van der Waals surface area contributed by atoms with Gasteiger partial charge in [0.1, 0.15) is 0 Å². The Balaban J connectivity index is 1.98. The molecule has 2 rings (SSSR count). The molecule has 2 saturated heterocycles. The van der Waals surface area contributed by atoms with Gasteiger partial charge in [0.2, 0.25) is 0 Å². The van der Waals surface area contributed by atoms with Crippen LogP contribution in [0.3, 0.4) is 0 Å². The molecule has 0 bridgehead atoms. The zero-order chi connectivity index (χ0) is 10.1. The SMILES string of the molecule is CCC1C2CNCC2CN1CC(C)C. The minimum atomic E-state index is 0.816. The van der Waals surface area contributed by atoms with Crippen molar-refractivity contribution < 1.29 is 0 Å². The van der Waals surface area contributed by atoms with Crippen LogP contribution in [0.15, 0.2) is 0 Å². The van der Waals surface area contributed by atoms with E-state index in [0.29, 0.717) is 0 Å². The standard InChI is InChI=1S/C12H24N2/c1-4-12-11-6-13-5-10(11)8-14(12)7-9(2)3/h9-13H,4-8H2,1-3H3. The van der Waals surface area contributed by atoms with Gasteiger partial charge in [0, 0.05) is 19.1 Å². The van der Waals surface area contributed by atoms with Crippen molar-refractivity contribution in [1.29, 1.82) is 0 Å². The van der Waals surface area contributed by atoms with Gasteiger partial charge in [0.05, 0.1) is 0 Å². The second kappa shape index (κ2) is 4.19. The van der Waals surface area contributed by atoms with Crippen molar-refractivity contribution in [3.05, 3.63) is 0 Å². The van der Waals surface area contributed by atoms with Crippen LogP contribution in [0.1, 0.15) is 27.2 Å². The number of hydrogen-bond donors (Lipinski definition) is 1. The summed E-state index contributed by atoms with van der Waals surface area (Å²) in [5.41, 5.74) is 0. The Hall–Kier alpha value is -0.0800. The van der Waals surface area contributed by atoms with E-state index < -0.39 is 0 Å². The monoisotopic (exact) mass is 196 g/mol. The topological polar surface area (TPSA) is 15.3 Å². The molecular formula is C12H24N2. The highest BCUT2D eigenvalue weighted by atomic mass is 15.2. The Bertz CT molecular complexity index is 191. The number of nitrogens with one attached hydrogen (secondary N) is 1. The lowest BCUT2D eigenvalue weighted by Gasteiger charge is -2.28. The second-order valence-electron chi connectivity index (χ2n) is 5.41. The third-order valence-electron chi connectivity index (χ3n) is 3.84. The number of nitrogens with zero attached hydrogens (tertiary/aromatic N) is 1. The molecular weight excluding hydrogens is 172 g/mol. The first-order chi connectivity index (χ1) is 6.72. The Morgan fingerprint density at radius 3 is 2.79 bits per heavy atom. The predicted molar refractivity (Wildman–Crippen MR) is 60.3 cm³/mol. The van der Waals surface area contributed by atoms with Crippen LogP contribution < -0.4 is 5.32 Å². The molecule has 2 heteroatoms. The van der Waals surface area contributed by atoms with Gasteiger partial charge in [-0.25, -0.2) is 0 Å². The first kappa shape index (κ1) is 10.4. The fourth-order valence-corrected chi connectivity index (χ4v) is 3.35. The molecule has 1 N–H and O–H groups in total. The van der Waals surface area contributed by atoms with Gasteiger partial charge in [-0.05, 0) is 37.3 Å². The lowest BCUT2D eigenvalue weighted by molar-refractivity contribution is 0.196. The van der Waals surface area contributed by atoms with Crippen LogP contribution in [0, 0.1) is 17.8 Å². The quantitative estimate of drug-likeness (QED) is 0.737. The van der Waals surface area contributed by atoms with Crippen LogP contribution in [0.4, 0.5) is 0 Å². The zero-order valence-corrected chi connectivity index (χ0v) is 9.79. The molecule has 2 nitrogen and oxygen atoms in total. The van der Waals surface area contributed by atoms with Crippen molar-refractivity contribution in [2.75, 3.05) is 26.2 Å². The van der Waals surface area contributed by atoms with Crippen molar-refractivity contribution >= 4 is 0 Å². The van der Waals surface area contributed by atoms with Crippen LogP contribution >= 0.6 is 0 Å². The molecule has 0 amide bonds. The summed E-state index contributed by atoms with van der Waals surface area (Å²) in [4.78, 5) is 2.74. The van der Waals surface area contributed by atoms with E-state index in [-0.39, 0.29) is 0 Å². The molecule has 14 heavy (non-hydrogen) atoms. The molecule has 0 aromatic carbocycles. The van der Waals surface area contributed by atoms with E-state index in [2.05, 4.69) is 31.0 Å². The number of fused-ring (bicyclic) bond motifs is 1. The van der Waals surface area contributed by atoms with E-state index in [9.17, 15) is 0 Å². The zero-order valence-electron chi connectivity index (χ0n) is 9.79. The number of likely N-dealkylation sites (tertiary alicyclic amines) is 1. The highest BCUT2D eigenvalue weighted by Crippen LogP contribution is 2.34. The molecule has 2 aliphatic rings. The third-order valence-corrected chi connectivity index (χ3v) is 3.84. The minimum absolute atomic E-state index is 0.816. The maximum absolute atomic E-state index is 3.54. The summed E-state index contributed by atoms with van der Waals surface area (Å²) in [7, 11) is 0. The molecule has 0 saturated carbocycles. The molecule has 2 heterocycles. The van der Waals surface area contributed by atoms with Gasteiger partial charge in [0.15, 0.2) is 0 Å². The summed E-state index contributed by atoms with van der Waals surface area (Å²) in [6, 6.07) is 0.859. The van der Waals surface area contributed by atoms with Crippen molar-refractivity contribution in [2.45, 2.75) is 33.2 Å². The highest BCUT2D eigenvalue weighted by molar-refractivity contribution is 4.97. The first-order valence-corrected chi connectivity index (χ1v) is 6.17. The van der Waals surface area contributed by atoms with Gasteiger partial charge in [-0.15, -0.1) is 0 Å². The van der Waals surface area contributed by atoms with Crippen LogP contribution in [-0.4, -0.2) is 37.1 Å².